The topological polar surface area (TPSA) is 46.5 Å². The van der Waals surface area contributed by atoms with Crippen molar-refractivity contribution >= 4 is 16.7 Å². The van der Waals surface area contributed by atoms with Crippen LogP contribution in [-0.2, 0) is 4.79 Å². The van der Waals surface area contributed by atoms with Crippen LogP contribution in [0.5, 0.6) is 5.75 Å². The Labute approximate surface area is 112 Å². The van der Waals surface area contributed by atoms with Gasteiger partial charge in [0.05, 0.1) is 0 Å². The monoisotopic (exact) mass is 258 g/mol. The molecule has 0 saturated carbocycles. The highest BCUT2D eigenvalue weighted by Crippen LogP contribution is 2.26. The van der Waals surface area contributed by atoms with E-state index in [4.69, 9.17) is 4.74 Å². The van der Waals surface area contributed by atoms with Crippen molar-refractivity contribution in [2.45, 2.75) is 32.3 Å². The van der Waals surface area contributed by atoms with E-state index in [1.54, 1.807) is 0 Å². The largest absolute Gasteiger partial charge is 0.479 e. The lowest BCUT2D eigenvalue weighted by atomic mass is 10.1. The van der Waals surface area contributed by atoms with Crippen LogP contribution >= 0.6 is 0 Å². The van der Waals surface area contributed by atoms with E-state index in [9.17, 15) is 9.90 Å². The molecule has 2 aromatic carbocycles. The first-order chi connectivity index (χ1) is 9.22. The van der Waals surface area contributed by atoms with Crippen molar-refractivity contribution in [2.75, 3.05) is 0 Å². The molecule has 1 atom stereocenters. The van der Waals surface area contributed by atoms with E-state index >= 15 is 0 Å². The molecule has 100 valence electrons. The molecule has 0 fully saturated rings. The zero-order valence-corrected chi connectivity index (χ0v) is 11.0. The average molecular weight is 258 g/mol. The highest BCUT2D eigenvalue weighted by atomic mass is 16.5. The minimum absolute atomic E-state index is 0.537. The van der Waals surface area contributed by atoms with Gasteiger partial charge in [0.1, 0.15) is 5.75 Å². The molecule has 3 heteroatoms. The predicted molar refractivity (Wildman–Crippen MR) is 75.5 cm³/mol. The zero-order chi connectivity index (χ0) is 13.7. The van der Waals surface area contributed by atoms with E-state index in [0.29, 0.717) is 12.2 Å². The summed E-state index contributed by atoms with van der Waals surface area (Å²) >= 11 is 0. The quantitative estimate of drug-likeness (QED) is 0.855. The van der Waals surface area contributed by atoms with Crippen LogP contribution in [0.25, 0.3) is 10.8 Å². The maximum absolute atomic E-state index is 11.2. The minimum Gasteiger partial charge on any atom is -0.479 e. The predicted octanol–water partition coefficient (Wildman–Crippen LogP) is 3.86. The number of unbranched alkanes of at least 4 members (excludes halogenated alkanes) is 1. The molecule has 0 spiro atoms. The maximum Gasteiger partial charge on any atom is 0.344 e. The number of fused-ring (bicyclic) bond motifs is 1. The fourth-order valence-corrected chi connectivity index (χ4v) is 2.07. The van der Waals surface area contributed by atoms with Crippen LogP contribution in [0.3, 0.4) is 0 Å². The zero-order valence-electron chi connectivity index (χ0n) is 11.0. The molecule has 0 aromatic heterocycles. The SMILES string of the molecule is CCCC[C@H](Oc1cccc2ccccc12)C(=O)O. The minimum atomic E-state index is -0.901. The number of ether oxygens (including phenoxy) is 1. The lowest BCUT2D eigenvalue weighted by molar-refractivity contribution is -0.145. The summed E-state index contributed by atoms with van der Waals surface area (Å²) in [4.78, 5) is 11.2. The van der Waals surface area contributed by atoms with Gasteiger partial charge in [-0.05, 0) is 24.3 Å². The number of aliphatic carboxylic acids is 1. The summed E-state index contributed by atoms with van der Waals surface area (Å²) in [6, 6.07) is 13.5. The third kappa shape index (κ3) is 3.25. The molecule has 2 rings (SSSR count). The fraction of sp³-hybridized carbons (Fsp3) is 0.312. The number of hydrogen-bond donors (Lipinski definition) is 1. The average Bonchev–Trinajstić information content (AvgIpc) is 2.43. The van der Waals surface area contributed by atoms with Crippen molar-refractivity contribution in [3.05, 3.63) is 42.5 Å². The van der Waals surface area contributed by atoms with Gasteiger partial charge in [-0.2, -0.15) is 0 Å². The van der Waals surface area contributed by atoms with E-state index in [1.165, 1.54) is 0 Å². The van der Waals surface area contributed by atoms with Gasteiger partial charge in [0.25, 0.3) is 0 Å². The van der Waals surface area contributed by atoms with E-state index in [2.05, 4.69) is 0 Å². The summed E-state index contributed by atoms with van der Waals surface area (Å²) in [6.45, 7) is 2.04. The van der Waals surface area contributed by atoms with Crippen molar-refractivity contribution in [1.29, 1.82) is 0 Å². The van der Waals surface area contributed by atoms with Gasteiger partial charge in [-0.1, -0.05) is 49.7 Å². The summed E-state index contributed by atoms with van der Waals surface area (Å²) in [5.41, 5.74) is 0. The summed E-state index contributed by atoms with van der Waals surface area (Å²) < 4.78 is 5.69. The lowest BCUT2D eigenvalue weighted by Crippen LogP contribution is -2.26. The molecular formula is C16H18O3. The summed E-state index contributed by atoms with van der Waals surface area (Å²) in [6.07, 6.45) is 1.57. The first-order valence-corrected chi connectivity index (χ1v) is 6.59. The number of carboxylic acids is 1. The van der Waals surface area contributed by atoms with E-state index in [0.717, 1.165) is 23.6 Å². The Kier molecular flexibility index (Phi) is 4.39. The molecule has 0 amide bonds. The second-order valence-electron chi connectivity index (χ2n) is 4.56. The summed E-state index contributed by atoms with van der Waals surface area (Å²) in [5.74, 6) is -0.261. The Hall–Kier alpha value is -2.03. The van der Waals surface area contributed by atoms with Crippen molar-refractivity contribution in [1.82, 2.24) is 0 Å². The molecule has 19 heavy (non-hydrogen) atoms. The Bertz CT molecular complexity index is 557. The van der Waals surface area contributed by atoms with Crippen LogP contribution in [0.2, 0.25) is 0 Å². The molecule has 0 heterocycles. The number of benzene rings is 2. The molecule has 0 aliphatic rings. The van der Waals surface area contributed by atoms with Gasteiger partial charge in [0, 0.05) is 5.39 Å². The van der Waals surface area contributed by atoms with E-state index in [-0.39, 0.29) is 0 Å². The normalized spacial score (nSPS) is 12.3. The molecule has 0 bridgehead atoms. The van der Waals surface area contributed by atoms with Crippen LogP contribution in [0, 0.1) is 0 Å². The molecule has 0 aliphatic carbocycles. The first-order valence-electron chi connectivity index (χ1n) is 6.59. The smallest absolute Gasteiger partial charge is 0.344 e. The molecular weight excluding hydrogens is 240 g/mol. The highest BCUT2D eigenvalue weighted by Gasteiger charge is 2.19. The van der Waals surface area contributed by atoms with E-state index in [1.807, 2.05) is 49.4 Å². The summed E-state index contributed by atoms with van der Waals surface area (Å²) in [5, 5.41) is 11.2. The van der Waals surface area contributed by atoms with Gasteiger partial charge in [0.2, 0.25) is 0 Å². The van der Waals surface area contributed by atoms with E-state index < -0.39 is 12.1 Å². The summed E-state index contributed by atoms with van der Waals surface area (Å²) in [7, 11) is 0. The Morgan fingerprint density at radius 2 is 1.95 bits per heavy atom. The van der Waals surface area contributed by atoms with Crippen molar-refractivity contribution in [3.63, 3.8) is 0 Å². The number of carboxylic acid groups (broad SMARTS) is 1. The van der Waals surface area contributed by atoms with Gasteiger partial charge < -0.3 is 9.84 Å². The van der Waals surface area contributed by atoms with Gasteiger partial charge in [-0.3, -0.25) is 0 Å². The third-order valence-electron chi connectivity index (χ3n) is 3.11. The second-order valence-corrected chi connectivity index (χ2v) is 4.56. The Morgan fingerprint density at radius 3 is 2.68 bits per heavy atom. The van der Waals surface area contributed by atoms with Crippen LogP contribution in [0.15, 0.2) is 42.5 Å². The molecule has 0 aliphatic heterocycles. The molecule has 0 radical (unpaired) electrons. The molecule has 0 saturated heterocycles. The fourth-order valence-electron chi connectivity index (χ4n) is 2.07. The molecule has 2 aromatic rings. The van der Waals surface area contributed by atoms with Crippen molar-refractivity contribution < 1.29 is 14.6 Å². The Balaban J connectivity index is 2.26. The Morgan fingerprint density at radius 1 is 1.21 bits per heavy atom. The number of rotatable bonds is 6. The number of carbonyl (C=O) groups is 1. The van der Waals surface area contributed by atoms with Gasteiger partial charge in [-0.25, -0.2) is 4.79 Å². The molecule has 1 N–H and O–H groups in total. The van der Waals surface area contributed by atoms with Gasteiger partial charge >= 0.3 is 5.97 Å². The maximum atomic E-state index is 11.2. The number of hydrogen-bond acceptors (Lipinski definition) is 2. The highest BCUT2D eigenvalue weighted by molar-refractivity contribution is 5.88. The van der Waals surface area contributed by atoms with Crippen LogP contribution < -0.4 is 4.74 Å². The first kappa shape index (κ1) is 13.4. The van der Waals surface area contributed by atoms with Crippen molar-refractivity contribution in [2.24, 2.45) is 0 Å². The van der Waals surface area contributed by atoms with Gasteiger partial charge in [-0.15, -0.1) is 0 Å². The third-order valence-corrected chi connectivity index (χ3v) is 3.11. The molecule has 0 unspecified atom stereocenters. The second kappa shape index (κ2) is 6.23. The molecule has 3 nitrogen and oxygen atoms in total. The van der Waals surface area contributed by atoms with Crippen molar-refractivity contribution in [3.8, 4) is 5.75 Å². The van der Waals surface area contributed by atoms with Crippen LogP contribution in [0.4, 0.5) is 0 Å². The standard InChI is InChI=1S/C16H18O3/c1-2-3-10-15(16(17)18)19-14-11-6-8-12-7-4-5-9-13(12)14/h4-9,11,15H,2-3,10H2,1H3,(H,17,18)/t15-/m0/s1. The van der Waals surface area contributed by atoms with Crippen LogP contribution in [-0.4, -0.2) is 17.2 Å². The van der Waals surface area contributed by atoms with Gasteiger partial charge in [0.15, 0.2) is 6.10 Å². The van der Waals surface area contributed by atoms with Crippen LogP contribution in [0.1, 0.15) is 26.2 Å². The lowest BCUT2D eigenvalue weighted by Gasteiger charge is -2.16.